The number of H-pyrrole nitrogens is 1. The number of ether oxygens (including phenoxy) is 1. The Balaban J connectivity index is 2.22. The lowest BCUT2D eigenvalue weighted by Crippen LogP contribution is -2.30. The van der Waals surface area contributed by atoms with Crippen molar-refractivity contribution in [3.05, 3.63) is 58.0 Å². The van der Waals surface area contributed by atoms with Crippen molar-refractivity contribution >= 4 is 6.08 Å². The lowest BCUT2D eigenvalue weighted by molar-refractivity contribution is 0.159. The second-order valence-electron chi connectivity index (χ2n) is 5.68. The van der Waals surface area contributed by atoms with Crippen molar-refractivity contribution < 1.29 is 4.74 Å². The molecule has 0 saturated heterocycles. The number of nitrogens with one attached hydrogen (secondary N) is 1. The molecule has 2 aromatic rings. The molecule has 1 aliphatic rings. The van der Waals surface area contributed by atoms with Crippen molar-refractivity contribution in [2.24, 2.45) is 0 Å². The molecule has 3 heteroatoms. The predicted molar refractivity (Wildman–Crippen MR) is 81.0 cm³/mol. The van der Waals surface area contributed by atoms with E-state index >= 15 is 0 Å². The van der Waals surface area contributed by atoms with Crippen LogP contribution in [0.3, 0.4) is 0 Å². The molecular formula is C17H17NO2. The first-order valence-corrected chi connectivity index (χ1v) is 6.67. The smallest absolute Gasteiger partial charge is 0.258 e. The summed E-state index contributed by atoms with van der Waals surface area (Å²) in [7, 11) is 0. The summed E-state index contributed by atoms with van der Waals surface area (Å²) >= 11 is 0. The zero-order chi connectivity index (χ0) is 14.3. The predicted octanol–water partition coefficient (Wildman–Crippen LogP) is 3.53. The van der Waals surface area contributed by atoms with Crippen LogP contribution in [0, 0.1) is 6.92 Å². The number of rotatable bonds is 1. The molecular weight excluding hydrogens is 250 g/mol. The van der Waals surface area contributed by atoms with E-state index in [4.69, 9.17) is 4.74 Å². The number of aromatic nitrogens is 1. The van der Waals surface area contributed by atoms with Gasteiger partial charge in [-0.2, -0.15) is 0 Å². The van der Waals surface area contributed by atoms with Crippen molar-refractivity contribution in [3.63, 3.8) is 0 Å². The van der Waals surface area contributed by atoms with Crippen LogP contribution in [0.1, 0.15) is 25.0 Å². The van der Waals surface area contributed by atoms with Crippen molar-refractivity contribution in [2.45, 2.75) is 26.4 Å². The summed E-state index contributed by atoms with van der Waals surface area (Å²) < 4.78 is 6.01. The highest BCUT2D eigenvalue weighted by Gasteiger charge is 2.26. The molecule has 2 heterocycles. The number of fused-ring (bicyclic) bond motifs is 1. The van der Waals surface area contributed by atoms with Crippen LogP contribution in [0.25, 0.3) is 17.2 Å². The quantitative estimate of drug-likeness (QED) is 0.858. The molecule has 102 valence electrons. The molecule has 1 aromatic heterocycles. The highest BCUT2D eigenvalue weighted by Crippen LogP contribution is 2.37. The van der Waals surface area contributed by atoms with E-state index in [1.165, 1.54) is 5.56 Å². The summed E-state index contributed by atoms with van der Waals surface area (Å²) in [4.78, 5) is 14.7. The van der Waals surface area contributed by atoms with Crippen LogP contribution < -0.4 is 10.3 Å². The number of aromatic amines is 1. The molecule has 0 bridgehead atoms. The van der Waals surface area contributed by atoms with Crippen molar-refractivity contribution in [3.8, 4) is 16.9 Å². The first kappa shape index (κ1) is 12.7. The zero-order valence-electron chi connectivity index (χ0n) is 11.9. The molecule has 1 N–H and O–H groups in total. The van der Waals surface area contributed by atoms with Gasteiger partial charge in [0.25, 0.3) is 5.56 Å². The average Bonchev–Trinajstić information content (AvgIpc) is 2.39. The van der Waals surface area contributed by atoms with E-state index < -0.39 is 5.60 Å². The van der Waals surface area contributed by atoms with E-state index in [-0.39, 0.29) is 5.56 Å². The van der Waals surface area contributed by atoms with Gasteiger partial charge >= 0.3 is 0 Å². The van der Waals surface area contributed by atoms with Gasteiger partial charge in [0.2, 0.25) is 0 Å². The molecule has 20 heavy (non-hydrogen) atoms. The minimum atomic E-state index is -0.403. The Labute approximate surface area is 117 Å². The minimum absolute atomic E-state index is 0.123. The average molecular weight is 267 g/mol. The molecule has 1 aromatic carbocycles. The van der Waals surface area contributed by atoms with Crippen LogP contribution in [-0.2, 0) is 0 Å². The van der Waals surface area contributed by atoms with Crippen LogP contribution in [-0.4, -0.2) is 10.6 Å². The van der Waals surface area contributed by atoms with Crippen LogP contribution in [0.5, 0.6) is 5.75 Å². The topological polar surface area (TPSA) is 42.1 Å². The van der Waals surface area contributed by atoms with Crippen LogP contribution in [0.2, 0.25) is 0 Å². The van der Waals surface area contributed by atoms with E-state index in [1.54, 1.807) is 6.20 Å². The molecule has 0 atom stereocenters. The maximum Gasteiger partial charge on any atom is 0.258 e. The largest absolute Gasteiger partial charge is 0.482 e. The van der Waals surface area contributed by atoms with Gasteiger partial charge < -0.3 is 9.72 Å². The first-order valence-electron chi connectivity index (χ1n) is 6.67. The minimum Gasteiger partial charge on any atom is -0.482 e. The van der Waals surface area contributed by atoms with E-state index in [9.17, 15) is 4.79 Å². The molecule has 0 unspecified atom stereocenters. The van der Waals surface area contributed by atoms with E-state index in [0.29, 0.717) is 11.3 Å². The molecule has 0 amide bonds. The van der Waals surface area contributed by atoms with Crippen molar-refractivity contribution in [1.82, 2.24) is 4.98 Å². The first-order chi connectivity index (χ1) is 9.46. The van der Waals surface area contributed by atoms with E-state index in [2.05, 4.69) is 24.0 Å². The molecule has 1 aliphatic heterocycles. The standard InChI is InChI=1S/C17H17NO2/c1-11-4-6-12(7-5-11)14-10-18-16(19)13-8-9-17(2,3)20-15(13)14/h4-10H,1-3H3,(H,18,19). The van der Waals surface area contributed by atoms with Gasteiger partial charge in [-0.15, -0.1) is 0 Å². The SMILES string of the molecule is Cc1ccc(-c2c[nH]c(=O)c3c2OC(C)(C)C=C3)cc1. The lowest BCUT2D eigenvalue weighted by Gasteiger charge is -2.29. The Bertz CT molecular complexity index is 737. The van der Waals surface area contributed by atoms with Gasteiger partial charge in [-0.3, -0.25) is 4.79 Å². The molecule has 0 fully saturated rings. The molecule has 3 rings (SSSR count). The third-order valence-corrected chi connectivity index (χ3v) is 3.46. The normalized spacial score (nSPS) is 15.6. The van der Waals surface area contributed by atoms with Gasteiger partial charge in [0, 0.05) is 11.8 Å². The van der Waals surface area contributed by atoms with Crippen LogP contribution in [0.15, 0.2) is 41.3 Å². The van der Waals surface area contributed by atoms with E-state index in [0.717, 1.165) is 11.1 Å². The van der Waals surface area contributed by atoms with Crippen molar-refractivity contribution in [1.29, 1.82) is 0 Å². The Morgan fingerprint density at radius 3 is 2.55 bits per heavy atom. The maximum absolute atomic E-state index is 11.9. The fourth-order valence-corrected chi connectivity index (χ4v) is 2.32. The Morgan fingerprint density at radius 1 is 1.15 bits per heavy atom. The number of pyridine rings is 1. The summed E-state index contributed by atoms with van der Waals surface area (Å²) in [6.45, 7) is 6.01. The van der Waals surface area contributed by atoms with Gasteiger partial charge in [-0.25, -0.2) is 0 Å². The van der Waals surface area contributed by atoms with Crippen LogP contribution in [0.4, 0.5) is 0 Å². The van der Waals surface area contributed by atoms with Gasteiger partial charge in [-0.05, 0) is 38.5 Å². The summed E-state index contributed by atoms with van der Waals surface area (Å²) in [6, 6.07) is 8.18. The zero-order valence-corrected chi connectivity index (χ0v) is 11.9. The second-order valence-corrected chi connectivity index (χ2v) is 5.68. The fraction of sp³-hybridized carbons (Fsp3) is 0.235. The fourth-order valence-electron chi connectivity index (χ4n) is 2.32. The Hall–Kier alpha value is -2.29. The third-order valence-electron chi connectivity index (χ3n) is 3.46. The summed E-state index contributed by atoms with van der Waals surface area (Å²) in [5.74, 6) is 0.658. The molecule has 0 aliphatic carbocycles. The Morgan fingerprint density at radius 2 is 1.85 bits per heavy atom. The van der Waals surface area contributed by atoms with E-state index in [1.807, 2.05) is 38.1 Å². The number of hydrogen-bond donors (Lipinski definition) is 1. The monoisotopic (exact) mass is 267 g/mol. The summed E-state index contributed by atoms with van der Waals surface area (Å²) in [6.07, 6.45) is 5.47. The second kappa shape index (κ2) is 4.37. The summed E-state index contributed by atoms with van der Waals surface area (Å²) in [5, 5.41) is 0. The van der Waals surface area contributed by atoms with Crippen LogP contribution >= 0.6 is 0 Å². The maximum atomic E-state index is 11.9. The van der Waals surface area contributed by atoms with Gasteiger partial charge in [0.05, 0.1) is 5.56 Å². The summed E-state index contributed by atoms with van der Waals surface area (Å²) in [5.41, 5.74) is 3.21. The van der Waals surface area contributed by atoms with Gasteiger partial charge in [-0.1, -0.05) is 29.8 Å². The highest BCUT2D eigenvalue weighted by molar-refractivity contribution is 5.76. The molecule has 0 saturated carbocycles. The Kier molecular flexibility index (Phi) is 2.78. The molecule has 0 spiro atoms. The lowest BCUT2D eigenvalue weighted by atomic mass is 9.98. The number of hydrogen-bond acceptors (Lipinski definition) is 2. The van der Waals surface area contributed by atoms with Crippen molar-refractivity contribution in [2.75, 3.05) is 0 Å². The van der Waals surface area contributed by atoms with Gasteiger partial charge in [0.15, 0.2) is 0 Å². The molecule has 3 nitrogen and oxygen atoms in total. The van der Waals surface area contributed by atoms with Gasteiger partial charge in [0.1, 0.15) is 11.4 Å². The molecule has 0 radical (unpaired) electrons. The number of aryl methyl sites for hydroxylation is 1. The third kappa shape index (κ3) is 2.16. The number of benzene rings is 1. The highest BCUT2D eigenvalue weighted by atomic mass is 16.5.